The number of benzene rings is 1. The normalized spacial score (nSPS) is 10.2. The molecule has 0 saturated carbocycles. The van der Waals surface area contributed by atoms with Gasteiger partial charge in [-0.1, -0.05) is 6.92 Å². The molecule has 0 aliphatic carbocycles. The molecule has 0 aliphatic rings. The number of carbonyl (C=O) groups is 1. The standard InChI is InChI=1S/C12H17N3O4/c1-2-13-6-3-7-14-10-5-4-9(12(16)17)8-11(10)15(18)19/h4-5,8,13-14H,2-3,6-7H2,1H3,(H,16,17). The van der Waals surface area contributed by atoms with Gasteiger partial charge in [0.15, 0.2) is 0 Å². The van der Waals surface area contributed by atoms with E-state index in [1.807, 2.05) is 6.92 Å². The molecule has 0 saturated heterocycles. The van der Waals surface area contributed by atoms with Crippen molar-refractivity contribution < 1.29 is 14.8 Å². The minimum absolute atomic E-state index is 0.0927. The van der Waals surface area contributed by atoms with Crippen LogP contribution in [0.1, 0.15) is 23.7 Å². The van der Waals surface area contributed by atoms with Crippen LogP contribution < -0.4 is 10.6 Å². The molecule has 0 aromatic heterocycles. The molecule has 1 aromatic carbocycles. The summed E-state index contributed by atoms with van der Waals surface area (Å²) in [7, 11) is 0. The molecule has 7 nitrogen and oxygen atoms in total. The zero-order valence-electron chi connectivity index (χ0n) is 10.7. The van der Waals surface area contributed by atoms with Crippen LogP contribution in [0.15, 0.2) is 18.2 Å². The first-order chi connectivity index (χ1) is 9.06. The van der Waals surface area contributed by atoms with Crippen LogP contribution in [0.25, 0.3) is 0 Å². The Morgan fingerprint density at radius 1 is 1.42 bits per heavy atom. The first-order valence-corrected chi connectivity index (χ1v) is 6.02. The second kappa shape index (κ2) is 7.32. The average Bonchev–Trinajstić information content (AvgIpc) is 2.38. The molecule has 0 heterocycles. The SMILES string of the molecule is CCNCCCNc1ccc(C(=O)O)cc1[N+](=O)[O-]. The van der Waals surface area contributed by atoms with Crippen LogP contribution in [-0.2, 0) is 0 Å². The number of carboxylic acid groups (broad SMARTS) is 1. The Morgan fingerprint density at radius 2 is 2.16 bits per heavy atom. The monoisotopic (exact) mass is 267 g/mol. The van der Waals surface area contributed by atoms with Crippen molar-refractivity contribution in [2.75, 3.05) is 25.0 Å². The van der Waals surface area contributed by atoms with Crippen LogP contribution in [-0.4, -0.2) is 35.6 Å². The maximum Gasteiger partial charge on any atom is 0.335 e. The van der Waals surface area contributed by atoms with Gasteiger partial charge in [0.05, 0.1) is 10.5 Å². The van der Waals surface area contributed by atoms with Gasteiger partial charge >= 0.3 is 5.97 Å². The predicted octanol–water partition coefficient (Wildman–Crippen LogP) is 1.70. The molecule has 0 radical (unpaired) electrons. The molecule has 3 N–H and O–H groups in total. The van der Waals surface area contributed by atoms with Crippen molar-refractivity contribution in [3.8, 4) is 0 Å². The summed E-state index contributed by atoms with van der Waals surface area (Å²) >= 11 is 0. The summed E-state index contributed by atoms with van der Waals surface area (Å²) in [4.78, 5) is 21.1. The number of aromatic carboxylic acids is 1. The smallest absolute Gasteiger partial charge is 0.335 e. The van der Waals surface area contributed by atoms with E-state index in [0.717, 1.165) is 25.6 Å². The van der Waals surface area contributed by atoms with E-state index < -0.39 is 10.9 Å². The average molecular weight is 267 g/mol. The first-order valence-electron chi connectivity index (χ1n) is 6.02. The topological polar surface area (TPSA) is 104 Å². The molecule has 0 aliphatic heterocycles. The molecule has 0 atom stereocenters. The van der Waals surface area contributed by atoms with Crippen LogP contribution in [0.3, 0.4) is 0 Å². The van der Waals surface area contributed by atoms with Gasteiger partial charge in [-0.15, -0.1) is 0 Å². The fourth-order valence-electron chi connectivity index (χ4n) is 1.58. The van der Waals surface area contributed by atoms with E-state index >= 15 is 0 Å². The number of carboxylic acids is 1. The quantitative estimate of drug-likeness (QED) is 0.376. The van der Waals surface area contributed by atoms with E-state index in [1.54, 1.807) is 0 Å². The highest BCUT2D eigenvalue weighted by molar-refractivity contribution is 5.89. The van der Waals surface area contributed by atoms with Crippen molar-refractivity contribution in [2.45, 2.75) is 13.3 Å². The molecule has 1 rings (SSSR count). The van der Waals surface area contributed by atoms with Crippen LogP contribution in [0.4, 0.5) is 11.4 Å². The van der Waals surface area contributed by atoms with E-state index in [9.17, 15) is 14.9 Å². The van der Waals surface area contributed by atoms with E-state index in [0.29, 0.717) is 12.2 Å². The van der Waals surface area contributed by atoms with Crippen molar-refractivity contribution in [1.29, 1.82) is 0 Å². The molecular weight excluding hydrogens is 250 g/mol. The lowest BCUT2D eigenvalue weighted by atomic mass is 10.1. The highest BCUT2D eigenvalue weighted by Gasteiger charge is 2.16. The van der Waals surface area contributed by atoms with Gasteiger partial charge in [0.25, 0.3) is 5.69 Å². The van der Waals surface area contributed by atoms with E-state index in [4.69, 9.17) is 5.11 Å². The summed E-state index contributed by atoms with van der Waals surface area (Å²) in [6.07, 6.45) is 0.825. The Balaban J connectivity index is 2.71. The largest absolute Gasteiger partial charge is 0.478 e. The molecule has 0 unspecified atom stereocenters. The Morgan fingerprint density at radius 3 is 2.74 bits per heavy atom. The summed E-state index contributed by atoms with van der Waals surface area (Å²) in [6, 6.07) is 3.84. The summed E-state index contributed by atoms with van der Waals surface area (Å²) in [6.45, 7) is 4.29. The second-order valence-corrected chi connectivity index (χ2v) is 3.93. The minimum Gasteiger partial charge on any atom is -0.478 e. The number of nitrogens with zero attached hydrogens (tertiary/aromatic N) is 1. The Hall–Kier alpha value is -2.15. The number of nitrogens with one attached hydrogen (secondary N) is 2. The van der Waals surface area contributed by atoms with Crippen molar-refractivity contribution in [3.63, 3.8) is 0 Å². The highest BCUT2D eigenvalue weighted by Crippen LogP contribution is 2.25. The molecule has 0 amide bonds. The maximum atomic E-state index is 10.9. The number of nitro benzene ring substituents is 1. The van der Waals surface area contributed by atoms with Gasteiger partial charge in [-0.2, -0.15) is 0 Å². The van der Waals surface area contributed by atoms with Gasteiger partial charge < -0.3 is 15.7 Å². The molecule has 19 heavy (non-hydrogen) atoms. The minimum atomic E-state index is -1.18. The maximum absolute atomic E-state index is 10.9. The first kappa shape index (κ1) is 14.9. The zero-order valence-corrected chi connectivity index (χ0v) is 10.7. The van der Waals surface area contributed by atoms with Crippen molar-refractivity contribution in [1.82, 2.24) is 5.32 Å². The van der Waals surface area contributed by atoms with E-state index in [2.05, 4.69) is 10.6 Å². The Labute approximate surface area is 110 Å². The fraction of sp³-hybridized carbons (Fsp3) is 0.417. The molecule has 104 valence electrons. The van der Waals surface area contributed by atoms with Crippen LogP contribution in [0, 0.1) is 10.1 Å². The molecular formula is C12H17N3O4. The van der Waals surface area contributed by atoms with Crippen molar-refractivity contribution >= 4 is 17.3 Å². The third-order valence-electron chi connectivity index (χ3n) is 2.54. The van der Waals surface area contributed by atoms with Crippen LogP contribution in [0.5, 0.6) is 0 Å². The van der Waals surface area contributed by atoms with Crippen molar-refractivity contribution in [3.05, 3.63) is 33.9 Å². The zero-order chi connectivity index (χ0) is 14.3. The van der Waals surface area contributed by atoms with Gasteiger partial charge in [-0.05, 0) is 31.6 Å². The summed E-state index contributed by atoms with van der Waals surface area (Å²) in [5.74, 6) is -1.18. The fourth-order valence-corrected chi connectivity index (χ4v) is 1.58. The van der Waals surface area contributed by atoms with Gasteiger partial charge in [-0.3, -0.25) is 10.1 Å². The highest BCUT2D eigenvalue weighted by atomic mass is 16.6. The summed E-state index contributed by atoms with van der Waals surface area (Å²) in [5.41, 5.74) is 0.0275. The summed E-state index contributed by atoms with van der Waals surface area (Å²) in [5, 5.41) is 25.8. The number of anilines is 1. The third-order valence-corrected chi connectivity index (χ3v) is 2.54. The molecule has 1 aromatic rings. The number of hydrogen-bond acceptors (Lipinski definition) is 5. The summed E-state index contributed by atoms with van der Waals surface area (Å²) < 4.78 is 0. The van der Waals surface area contributed by atoms with Gasteiger partial charge in [-0.25, -0.2) is 4.79 Å². The van der Waals surface area contributed by atoms with Gasteiger partial charge in [0.1, 0.15) is 5.69 Å². The number of hydrogen-bond donors (Lipinski definition) is 3. The van der Waals surface area contributed by atoms with E-state index in [1.165, 1.54) is 12.1 Å². The lowest BCUT2D eigenvalue weighted by Crippen LogP contribution is -2.17. The number of nitro groups is 1. The lowest BCUT2D eigenvalue weighted by Gasteiger charge is -2.07. The second-order valence-electron chi connectivity index (χ2n) is 3.93. The lowest BCUT2D eigenvalue weighted by molar-refractivity contribution is -0.384. The van der Waals surface area contributed by atoms with Crippen LogP contribution >= 0.6 is 0 Å². The Kier molecular flexibility index (Phi) is 5.74. The molecule has 0 bridgehead atoms. The Bertz CT molecular complexity index is 462. The third kappa shape index (κ3) is 4.55. The van der Waals surface area contributed by atoms with E-state index in [-0.39, 0.29) is 11.3 Å². The molecule has 7 heteroatoms. The van der Waals surface area contributed by atoms with Crippen LogP contribution in [0.2, 0.25) is 0 Å². The predicted molar refractivity (Wildman–Crippen MR) is 71.7 cm³/mol. The number of rotatable bonds is 8. The molecule has 0 spiro atoms. The van der Waals surface area contributed by atoms with Gasteiger partial charge in [0, 0.05) is 12.6 Å². The van der Waals surface area contributed by atoms with Gasteiger partial charge in [0.2, 0.25) is 0 Å². The molecule has 0 fully saturated rings. The van der Waals surface area contributed by atoms with Crippen molar-refractivity contribution in [2.24, 2.45) is 0 Å².